The van der Waals surface area contributed by atoms with Gasteiger partial charge in [-0.3, -0.25) is 9.59 Å². The molecule has 8 heteroatoms. The number of hydrogen-bond acceptors (Lipinski definition) is 4. The molecule has 0 aliphatic heterocycles. The van der Waals surface area contributed by atoms with Crippen molar-refractivity contribution < 1.29 is 18.3 Å². The van der Waals surface area contributed by atoms with Gasteiger partial charge in [-0.25, -0.2) is 13.5 Å². The summed E-state index contributed by atoms with van der Waals surface area (Å²) in [6, 6.07) is 11.6. The lowest BCUT2D eigenvalue weighted by molar-refractivity contribution is -0.119. The van der Waals surface area contributed by atoms with Gasteiger partial charge in [-0.1, -0.05) is 0 Å². The lowest BCUT2D eigenvalue weighted by Crippen LogP contribution is -2.33. The molecule has 1 aromatic heterocycles. The second-order valence-electron chi connectivity index (χ2n) is 6.25. The van der Waals surface area contributed by atoms with E-state index in [0.29, 0.717) is 18.1 Å². The molecule has 0 aliphatic rings. The van der Waals surface area contributed by atoms with Crippen LogP contribution in [0.2, 0.25) is 0 Å². The summed E-state index contributed by atoms with van der Waals surface area (Å²) in [5.74, 6) is -1.47. The molecule has 3 rings (SSSR count). The summed E-state index contributed by atoms with van der Waals surface area (Å²) >= 11 is 0. The molecular weight excluding hydrogens is 380 g/mol. The van der Waals surface area contributed by atoms with Crippen LogP contribution in [0, 0.1) is 11.6 Å². The lowest BCUT2D eigenvalue weighted by Gasteiger charge is -2.15. The Morgan fingerprint density at radius 2 is 1.86 bits per heavy atom. The van der Waals surface area contributed by atoms with Gasteiger partial charge in [0, 0.05) is 17.7 Å². The molecule has 6 nitrogen and oxygen atoms in total. The van der Waals surface area contributed by atoms with Crippen LogP contribution in [-0.2, 0) is 4.79 Å². The highest BCUT2D eigenvalue weighted by molar-refractivity contribution is 5.93. The number of carbonyl (C=O) groups is 1. The maximum Gasteiger partial charge on any atom is 0.267 e. The van der Waals surface area contributed by atoms with E-state index in [1.165, 1.54) is 13.0 Å². The molecule has 1 atom stereocenters. The highest BCUT2D eigenvalue weighted by Gasteiger charge is 2.19. The molecule has 2 aromatic carbocycles. The Morgan fingerprint density at radius 3 is 2.55 bits per heavy atom. The van der Waals surface area contributed by atoms with Gasteiger partial charge in [-0.2, -0.15) is 5.10 Å². The number of halogens is 2. The highest BCUT2D eigenvalue weighted by atomic mass is 19.1. The third kappa shape index (κ3) is 4.66. The van der Waals surface area contributed by atoms with Gasteiger partial charge >= 0.3 is 0 Å². The first kappa shape index (κ1) is 20.2. The van der Waals surface area contributed by atoms with E-state index in [0.717, 1.165) is 28.4 Å². The number of benzene rings is 2. The number of aromatic nitrogens is 2. The molecule has 1 unspecified atom stereocenters. The maximum atomic E-state index is 13.8. The number of amides is 1. The first-order valence-corrected chi connectivity index (χ1v) is 8.98. The molecule has 29 heavy (non-hydrogen) atoms. The second kappa shape index (κ2) is 8.64. The largest absolute Gasteiger partial charge is 0.494 e. The van der Waals surface area contributed by atoms with Gasteiger partial charge in [0.25, 0.3) is 5.56 Å². The Bertz CT molecular complexity index is 1080. The minimum atomic E-state index is -1.05. The molecule has 0 fully saturated rings. The van der Waals surface area contributed by atoms with E-state index in [4.69, 9.17) is 4.74 Å². The Labute approximate surface area is 165 Å². The molecule has 1 amide bonds. The molecule has 0 saturated heterocycles. The first-order chi connectivity index (χ1) is 13.9. The molecule has 150 valence electrons. The third-order valence-corrected chi connectivity index (χ3v) is 4.22. The van der Waals surface area contributed by atoms with Gasteiger partial charge in [0.15, 0.2) is 0 Å². The zero-order valence-electron chi connectivity index (χ0n) is 15.9. The van der Waals surface area contributed by atoms with E-state index in [2.05, 4.69) is 10.4 Å². The van der Waals surface area contributed by atoms with E-state index in [9.17, 15) is 18.4 Å². The second-order valence-corrected chi connectivity index (χ2v) is 6.25. The fourth-order valence-electron chi connectivity index (χ4n) is 2.69. The number of rotatable bonds is 6. The van der Waals surface area contributed by atoms with Gasteiger partial charge in [0.1, 0.15) is 23.4 Å². The summed E-state index contributed by atoms with van der Waals surface area (Å²) in [4.78, 5) is 24.7. The number of nitrogens with zero attached hydrogens (tertiary/aromatic N) is 2. The monoisotopic (exact) mass is 399 g/mol. The van der Waals surface area contributed by atoms with Crippen LogP contribution in [0.15, 0.2) is 59.4 Å². The molecule has 0 spiro atoms. The molecule has 3 aromatic rings. The number of carbonyl (C=O) groups excluding carboxylic acids is 1. The van der Waals surface area contributed by atoms with Gasteiger partial charge in [-0.15, -0.1) is 0 Å². The van der Waals surface area contributed by atoms with E-state index in [1.807, 2.05) is 6.92 Å². The first-order valence-electron chi connectivity index (χ1n) is 8.98. The third-order valence-electron chi connectivity index (χ3n) is 4.22. The van der Waals surface area contributed by atoms with E-state index >= 15 is 0 Å². The van der Waals surface area contributed by atoms with Crippen LogP contribution in [0.3, 0.4) is 0 Å². The van der Waals surface area contributed by atoms with Crippen molar-refractivity contribution in [3.63, 3.8) is 0 Å². The molecule has 0 bridgehead atoms. The van der Waals surface area contributed by atoms with E-state index in [1.54, 1.807) is 30.3 Å². The molecule has 1 heterocycles. The van der Waals surface area contributed by atoms with Crippen LogP contribution >= 0.6 is 0 Å². The van der Waals surface area contributed by atoms with Gasteiger partial charge < -0.3 is 10.1 Å². The molecule has 0 radical (unpaired) electrons. The zero-order chi connectivity index (χ0) is 21.0. The average molecular weight is 399 g/mol. The highest BCUT2D eigenvalue weighted by Crippen LogP contribution is 2.21. The molecule has 0 saturated carbocycles. The van der Waals surface area contributed by atoms with Gasteiger partial charge in [0.05, 0.1) is 18.0 Å². The summed E-state index contributed by atoms with van der Waals surface area (Å²) in [6.07, 6.45) is 0. The Balaban J connectivity index is 1.85. The normalized spacial score (nSPS) is 11.7. The summed E-state index contributed by atoms with van der Waals surface area (Å²) in [5.41, 5.74) is 0.398. The quantitative estimate of drug-likeness (QED) is 0.685. The van der Waals surface area contributed by atoms with Crippen LogP contribution < -0.4 is 15.6 Å². The predicted molar refractivity (Wildman–Crippen MR) is 105 cm³/mol. The average Bonchev–Trinajstić information content (AvgIpc) is 2.71. The van der Waals surface area contributed by atoms with Crippen molar-refractivity contribution in [2.24, 2.45) is 0 Å². The van der Waals surface area contributed by atoms with Crippen molar-refractivity contribution >= 4 is 11.6 Å². The standard InChI is InChI=1S/C21H19F2N3O3/c1-3-29-16-7-4-14(5-8-16)18-10-11-20(27)26(25-18)13(2)21(28)24-19-12-15(22)6-9-17(19)23/h4-13H,3H2,1-2H3,(H,24,28). The van der Waals surface area contributed by atoms with Gasteiger partial charge in [0.2, 0.25) is 5.91 Å². The van der Waals surface area contributed by atoms with Crippen LogP contribution in [0.1, 0.15) is 19.9 Å². The smallest absolute Gasteiger partial charge is 0.267 e. The van der Waals surface area contributed by atoms with Crippen LogP contribution in [0.5, 0.6) is 5.75 Å². The maximum absolute atomic E-state index is 13.8. The summed E-state index contributed by atoms with van der Waals surface area (Å²) < 4.78 is 33.5. The minimum Gasteiger partial charge on any atom is -0.494 e. The lowest BCUT2D eigenvalue weighted by atomic mass is 10.1. The Kier molecular flexibility index (Phi) is 6.01. The van der Waals surface area contributed by atoms with Crippen LogP contribution in [-0.4, -0.2) is 22.3 Å². The van der Waals surface area contributed by atoms with Crippen LogP contribution in [0.25, 0.3) is 11.3 Å². The summed E-state index contributed by atoms with van der Waals surface area (Å²) in [7, 11) is 0. The van der Waals surface area contributed by atoms with Crippen molar-refractivity contribution in [1.82, 2.24) is 9.78 Å². The predicted octanol–water partition coefficient (Wildman–Crippen LogP) is 3.79. The number of ether oxygens (including phenoxy) is 1. The minimum absolute atomic E-state index is 0.308. The van der Waals surface area contributed by atoms with Crippen molar-refractivity contribution in [2.45, 2.75) is 19.9 Å². The molecular formula is C21H19F2N3O3. The molecule has 0 aliphatic carbocycles. The van der Waals surface area contributed by atoms with Crippen molar-refractivity contribution in [2.75, 3.05) is 11.9 Å². The van der Waals surface area contributed by atoms with Gasteiger partial charge in [-0.05, 0) is 56.3 Å². The SMILES string of the molecule is CCOc1ccc(-c2ccc(=O)n(C(C)C(=O)Nc3cc(F)ccc3F)n2)cc1. The van der Waals surface area contributed by atoms with E-state index in [-0.39, 0.29) is 5.69 Å². The molecule has 1 N–H and O–H groups in total. The van der Waals surface area contributed by atoms with Crippen molar-refractivity contribution in [3.05, 3.63) is 76.6 Å². The number of anilines is 1. The Morgan fingerprint density at radius 1 is 1.14 bits per heavy atom. The summed E-state index contributed by atoms with van der Waals surface area (Å²) in [6.45, 7) is 3.87. The zero-order valence-corrected chi connectivity index (χ0v) is 15.9. The topological polar surface area (TPSA) is 73.2 Å². The van der Waals surface area contributed by atoms with E-state index < -0.39 is 29.1 Å². The fraction of sp³-hybridized carbons (Fsp3) is 0.190. The number of hydrogen-bond donors (Lipinski definition) is 1. The Hall–Kier alpha value is -3.55. The van der Waals surface area contributed by atoms with Crippen molar-refractivity contribution in [1.29, 1.82) is 0 Å². The number of nitrogens with one attached hydrogen (secondary N) is 1. The van der Waals surface area contributed by atoms with Crippen LogP contribution in [0.4, 0.5) is 14.5 Å². The summed E-state index contributed by atoms with van der Waals surface area (Å²) in [5, 5.41) is 6.54. The van der Waals surface area contributed by atoms with Crippen molar-refractivity contribution in [3.8, 4) is 17.0 Å². The fourth-order valence-corrected chi connectivity index (χ4v) is 2.69.